The van der Waals surface area contributed by atoms with Gasteiger partial charge in [0.25, 0.3) is 0 Å². The number of isothiocyanates is 1. The lowest BCUT2D eigenvalue weighted by Gasteiger charge is -2.07. The van der Waals surface area contributed by atoms with Crippen LogP contribution in [0, 0.1) is 36.2 Å². The summed E-state index contributed by atoms with van der Waals surface area (Å²) in [6.07, 6.45) is 0. The number of benzene rings is 3. The Hall–Kier alpha value is -3.39. The smallest absolute Gasteiger partial charge is 0.153 e. The van der Waals surface area contributed by atoms with Crippen LogP contribution < -0.4 is 0 Å². The average Bonchev–Trinajstić information content (AvgIpc) is 2.64. The lowest BCUT2D eigenvalue weighted by molar-refractivity contribution is 0.469. The maximum Gasteiger partial charge on any atom is 0.153 e. The molecular formula is C22H12F3NOS. The average molecular weight is 395 g/mol. The van der Waals surface area contributed by atoms with Crippen molar-refractivity contribution < 1.29 is 18.3 Å². The van der Waals surface area contributed by atoms with Crippen LogP contribution in [0.2, 0.25) is 0 Å². The van der Waals surface area contributed by atoms with Crippen molar-refractivity contribution in [2.24, 2.45) is 4.99 Å². The normalized spacial score (nSPS) is 10.0. The van der Waals surface area contributed by atoms with Gasteiger partial charge in [-0.25, -0.2) is 13.2 Å². The second kappa shape index (κ2) is 8.10. The molecule has 0 spiro atoms. The number of aromatic hydroxyl groups is 1. The molecule has 0 aliphatic heterocycles. The molecule has 0 heterocycles. The van der Waals surface area contributed by atoms with Gasteiger partial charge in [-0.15, -0.1) is 0 Å². The van der Waals surface area contributed by atoms with E-state index in [4.69, 9.17) is 0 Å². The van der Waals surface area contributed by atoms with E-state index >= 15 is 0 Å². The summed E-state index contributed by atoms with van der Waals surface area (Å²) >= 11 is 4.36. The summed E-state index contributed by atoms with van der Waals surface area (Å²) in [6.45, 7) is 1.80. The maximum atomic E-state index is 14.0. The molecule has 6 heteroatoms. The summed E-state index contributed by atoms with van der Waals surface area (Å²) in [4.78, 5) is 3.35. The molecule has 3 aromatic carbocycles. The molecule has 3 rings (SSSR count). The van der Waals surface area contributed by atoms with Crippen molar-refractivity contribution in [3.05, 3.63) is 82.7 Å². The highest BCUT2D eigenvalue weighted by Crippen LogP contribution is 2.27. The number of rotatable bonds is 2. The van der Waals surface area contributed by atoms with Crippen LogP contribution in [0.4, 0.5) is 18.9 Å². The van der Waals surface area contributed by atoms with Gasteiger partial charge in [-0.1, -0.05) is 24.0 Å². The predicted molar refractivity (Wildman–Crippen MR) is 105 cm³/mol. The van der Waals surface area contributed by atoms with Gasteiger partial charge in [-0.2, -0.15) is 4.99 Å². The molecule has 1 N–H and O–H groups in total. The Kier molecular flexibility index (Phi) is 5.60. The summed E-state index contributed by atoms with van der Waals surface area (Å²) in [5.41, 5.74) is 2.01. The van der Waals surface area contributed by atoms with Gasteiger partial charge in [0, 0.05) is 22.8 Å². The Morgan fingerprint density at radius 2 is 1.61 bits per heavy atom. The monoisotopic (exact) mass is 395 g/mol. The summed E-state index contributed by atoms with van der Waals surface area (Å²) in [5, 5.41) is 11.2. The highest BCUT2D eigenvalue weighted by Gasteiger charge is 2.10. The minimum absolute atomic E-state index is 0.145. The molecule has 0 unspecified atom stereocenters. The maximum absolute atomic E-state index is 14.0. The third-order valence-corrected chi connectivity index (χ3v) is 4.10. The van der Waals surface area contributed by atoms with Gasteiger partial charge >= 0.3 is 0 Å². The number of aryl methyl sites for hydroxylation is 1. The number of hydrogen-bond acceptors (Lipinski definition) is 3. The molecule has 0 aromatic heterocycles. The molecule has 0 bridgehead atoms. The third-order valence-electron chi connectivity index (χ3n) is 4.01. The van der Waals surface area contributed by atoms with E-state index in [1.54, 1.807) is 25.1 Å². The van der Waals surface area contributed by atoms with E-state index in [1.165, 1.54) is 12.1 Å². The predicted octanol–water partition coefficient (Wildman–Crippen LogP) is 5.92. The molecule has 0 amide bonds. The summed E-state index contributed by atoms with van der Waals surface area (Å²) in [6, 6.07) is 11.2. The highest BCUT2D eigenvalue weighted by atomic mass is 32.1. The van der Waals surface area contributed by atoms with Gasteiger partial charge < -0.3 is 5.11 Å². The summed E-state index contributed by atoms with van der Waals surface area (Å²) in [7, 11) is 0. The zero-order chi connectivity index (χ0) is 20.3. The zero-order valence-electron chi connectivity index (χ0n) is 14.6. The quantitative estimate of drug-likeness (QED) is 0.332. The summed E-state index contributed by atoms with van der Waals surface area (Å²) in [5.74, 6) is 3.11. The van der Waals surface area contributed by atoms with Crippen LogP contribution in [-0.2, 0) is 0 Å². The van der Waals surface area contributed by atoms with Crippen LogP contribution >= 0.6 is 12.2 Å². The number of aliphatic imine (C=N–C) groups is 1. The van der Waals surface area contributed by atoms with Crippen LogP contribution in [0.1, 0.15) is 16.7 Å². The van der Waals surface area contributed by atoms with E-state index in [-0.39, 0.29) is 11.3 Å². The lowest BCUT2D eigenvalue weighted by atomic mass is 9.99. The molecule has 0 aliphatic carbocycles. The topological polar surface area (TPSA) is 32.6 Å². The van der Waals surface area contributed by atoms with E-state index in [1.807, 2.05) is 5.16 Å². The molecule has 0 radical (unpaired) electrons. The third kappa shape index (κ3) is 4.12. The first kappa shape index (κ1) is 19.4. The van der Waals surface area contributed by atoms with Crippen molar-refractivity contribution in [2.45, 2.75) is 6.92 Å². The number of hydrogen-bond donors (Lipinski definition) is 1. The Morgan fingerprint density at radius 3 is 2.21 bits per heavy atom. The second-order valence-corrected chi connectivity index (χ2v) is 6.12. The van der Waals surface area contributed by atoms with Crippen LogP contribution in [0.5, 0.6) is 5.75 Å². The van der Waals surface area contributed by atoms with E-state index in [9.17, 15) is 18.3 Å². The van der Waals surface area contributed by atoms with Crippen molar-refractivity contribution in [1.29, 1.82) is 0 Å². The van der Waals surface area contributed by atoms with Crippen molar-refractivity contribution in [2.75, 3.05) is 0 Å². The van der Waals surface area contributed by atoms with Gasteiger partial charge in [0.15, 0.2) is 11.6 Å². The molecule has 3 aromatic rings. The first-order valence-electron chi connectivity index (χ1n) is 8.07. The number of nitrogens with zero attached hydrogens (tertiary/aromatic N) is 1. The number of halogens is 3. The molecule has 0 saturated heterocycles. The molecule has 0 atom stereocenters. The van der Waals surface area contributed by atoms with E-state index < -0.39 is 23.1 Å². The molecule has 0 saturated carbocycles. The highest BCUT2D eigenvalue weighted by molar-refractivity contribution is 7.78. The minimum atomic E-state index is -0.878. The fraction of sp³-hybridized carbons (Fsp3) is 0.0455. The van der Waals surface area contributed by atoms with Crippen LogP contribution in [-0.4, -0.2) is 10.3 Å². The minimum Gasteiger partial charge on any atom is -0.508 e. The molecule has 0 aliphatic rings. The number of phenolic OH excluding ortho intramolecular Hbond substituents is 1. The van der Waals surface area contributed by atoms with Gasteiger partial charge in [0.1, 0.15) is 17.3 Å². The Morgan fingerprint density at radius 1 is 0.893 bits per heavy atom. The van der Waals surface area contributed by atoms with Gasteiger partial charge in [0.05, 0.1) is 5.16 Å². The fourth-order valence-electron chi connectivity index (χ4n) is 2.64. The Balaban J connectivity index is 1.94. The van der Waals surface area contributed by atoms with Gasteiger partial charge in [-0.05, 0) is 60.6 Å². The van der Waals surface area contributed by atoms with Gasteiger partial charge in [0.2, 0.25) is 0 Å². The standard InChI is InChI=1S/C22H12F3NOS/c1-13-8-16(18-7-6-17(27)11-19(18)23)5-4-15(13)3-2-14-9-20(24)22(26-12-28)21(25)10-14/h4-11,27H,1H3. The van der Waals surface area contributed by atoms with Crippen molar-refractivity contribution in [3.8, 4) is 28.7 Å². The van der Waals surface area contributed by atoms with E-state index in [0.717, 1.165) is 23.8 Å². The molecule has 0 fully saturated rings. The Labute approximate surface area is 165 Å². The Bertz CT molecular complexity index is 1170. The van der Waals surface area contributed by atoms with Crippen molar-refractivity contribution in [1.82, 2.24) is 0 Å². The van der Waals surface area contributed by atoms with E-state index in [2.05, 4.69) is 29.1 Å². The van der Waals surface area contributed by atoms with Crippen LogP contribution in [0.25, 0.3) is 11.1 Å². The van der Waals surface area contributed by atoms with Crippen molar-refractivity contribution in [3.63, 3.8) is 0 Å². The SMILES string of the molecule is Cc1cc(-c2ccc(O)cc2F)ccc1C#Cc1cc(F)c(N=C=S)c(F)c1. The fourth-order valence-corrected chi connectivity index (χ4v) is 2.73. The second-order valence-electron chi connectivity index (χ2n) is 5.94. The zero-order valence-corrected chi connectivity index (χ0v) is 15.4. The van der Waals surface area contributed by atoms with Crippen molar-refractivity contribution >= 4 is 23.1 Å². The van der Waals surface area contributed by atoms with Crippen LogP contribution in [0.3, 0.4) is 0 Å². The molecular weight excluding hydrogens is 383 g/mol. The first-order valence-corrected chi connectivity index (χ1v) is 8.48. The lowest BCUT2D eigenvalue weighted by Crippen LogP contribution is -1.89. The largest absolute Gasteiger partial charge is 0.508 e. The first-order chi connectivity index (χ1) is 13.4. The molecule has 28 heavy (non-hydrogen) atoms. The van der Waals surface area contributed by atoms with Gasteiger partial charge in [-0.3, -0.25) is 0 Å². The van der Waals surface area contributed by atoms with E-state index in [0.29, 0.717) is 16.7 Å². The molecule has 138 valence electrons. The number of thiocarbonyl (C=S) groups is 1. The van der Waals surface area contributed by atoms with Crippen LogP contribution in [0.15, 0.2) is 53.5 Å². The number of phenols is 1. The summed E-state index contributed by atoms with van der Waals surface area (Å²) < 4.78 is 41.8. The molecule has 2 nitrogen and oxygen atoms in total.